The molecule has 1 saturated carbocycles. The lowest BCUT2D eigenvalue weighted by Gasteiger charge is -2.35. The molecule has 2 aliphatic heterocycles. The van der Waals surface area contributed by atoms with Gasteiger partial charge in [-0.15, -0.1) is 0 Å². The van der Waals surface area contributed by atoms with Crippen molar-refractivity contribution in [3.05, 3.63) is 53.9 Å². The van der Waals surface area contributed by atoms with E-state index in [4.69, 9.17) is 0 Å². The van der Waals surface area contributed by atoms with Gasteiger partial charge in [0.1, 0.15) is 17.7 Å². The van der Waals surface area contributed by atoms with Gasteiger partial charge in [-0.25, -0.2) is 9.37 Å². The van der Waals surface area contributed by atoms with Crippen molar-refractivity contribution in [2.24, 2.45) is 17.8 Å². The maximum Gasteiger partial charge on any atom is 0.321 e. The lowest BCUT2D eigenvalue weighted by atomic mass is 9.83. The smallest absolute Gasteiger partial charge is 0.321 e. The average Bonchev–Trinajstić information content (AvgIpc) is 3.56. The van der Waals surface area contributed by atoms with Crippen molar-refractivity contribution in [1.82, 2.24) is 19.8 Å². The Labute approximate surface area is 220 Å². The highest BCUT2D eigenvalue weighted by Gasteiger charge is 2.43. The van der Waals surface area contributed by atoms with Gasteiger partial charge in [0, 0.05) is 44.4 Å². The minimum Gasteiger partial charge on any atom is -0.480 e. The van der Waals surface area contributed by atoms with Gasteiger partial charge in [-0.3, -0.25) is 9.69 Å². The Balaban J connectivity index is 1.21. The number of aryl methyl sites for hydroxylation is 1. The summed E-state index contributed by atoms with van der Waals surface area (Å²) in [5.74, 6) is 1.70. The van der Waals surface area contributed by atoms with Gasteiger partial charge in [0.2, 0.25) is 0 Å². The van der Waals surface area contributed by atoms with Crippen LogP contribution >= 0.6 is 0 Å². The molecular formula is C30H43FN4O2. The van der Waals surface area contributed by atoms with Crippen LogP contribution in [0.3, 0.4) is 0 Å². The van der Waals surface area contributed by atoms with Crippen molar-refractivity contribution in [2.45, 2.75) is 76.2 Å². The number of piperidine rings is 1. The number of halogens is 1. The maximum absolute atomic E-state index is 14.2. The highest BCUT2D eigenvalue weighted by atomic mass is 19.1. The number of imidazole rings is 1. The van der Waals surface area contributed by atoms with Crippen LogP contribution < -0.4 is 0 Å². The molecule has 5 rings (SSSR count). The number of likely N-dealkylation sites (tertiary alicyclic amines) is 2. The first-order chi connectivity index (χ1) is 18.1. The fourth-order valence-electron chi connectivity index (χ4n) is 7.32. The van der Waals surface area contributed by atoms with Crippen LogP contribution in [-0.4, -0.2) is 69.6 Å². The number of rotatable bonds is 10. The molecule has 1 aromatic carbocycles. The zero-order valence-corrected chi connectivity index (χ0v) is 22.0. The molecule has 202 valence electrons. The van der Waals surface area contributed by atoms with E-state index in [-0.39, 0.29) is 17.7 Å². The maximum atomic E-state index is 14.2. The number of nitrogens with zero attached hydrogens (tertiary/aromatic N) is 3. The Kier molecular flexibility index (Phi) is 8.93. The van der Waals surface area contributed by atoms with E-state index in [1.54, 1.807) is 12.1 Å². The second-order valence-electron chi connectivity index (χ2n) is 11.7. The van der Waals surface area contributed by atoms with Crippen molar-refractivity contribution in [3.8, 4) is 0 Å². The normalized spacial score (nSPS) is 25.4. The van der Waals surface area contributed by atoms with Crippen LogP contribution in [0.15, 0.2) is 36.7 Å². The SMILES string of the molecule is O=C(O)[C@@H](C1CCCCC1)N1C[C@H](CN2CCC(CCCc3ncc[nH]3)CC2)[C@@H](c2cccc(F)c2)C1. The zero-order valence-electron chi connectivity index (χ0n) is 22.0. The van der Waals surface area contributed by atoms with Gasteiger partial charge in [-0.2, -0.15) is 0 Å². The van der Waals surface area contributed by atoms with Crippen LogP contribution in [0, 0.1) is 23.6 Å². The summed E-state index contributed by atoms with van der Waals surface area (Å²) in [7, 11) is 0. The monoisotopic (exact) mass is 510 g/mol. The number of nitrogens with one attached hydrogen (secondary N) is 1. The van der Waals surface area contributed by atoms with Crippen molar-refractivity contribution in [1.29, 1.82) is 0 Å². The average molecular weight is 511 g/mol. The summed E-state index contributed by atoms with van der Waals surface area (Å²) < 4.78 is 14.2. The minimum absolute atomic E-state index is 0.173. The number of hydrogen-bond acceptors (Lipinski definition) is 4. The Bertz CT molecular complexity index is 985. The molecule has 0 spiro atoms. The van der Waals surface area contributed by atoms with Crippen molar-refractivity contribution in [3.63, 3.8) is 0 Å². The molecule has 0 radical (unpaired) electrons. The lowest BCUT2D eigenvalue weighted by Crippen LogP contribution is -2.46. The van der Waals surface area contributed by atoms with Gasteiger partial charge in [0.25, 0.3) is 0 Å². The third kappa shape index (κ3) is 6.80. The summed E-state index contributed by atoms with van der Waals surface area (Å²) in [5.41, 5.74) is 1.02. The van der Waals surface area contributed by atoms with E-state index in [2.05, 4.69) is 19.8 Å². The molecule has 0 amide bonds. The van der Waals surface area contributed by atoms with Crippen LogP contribution in [0.25, 0.3) is 0 Å². The Morgan fingerprint density at radius 1 is 1.14 bits per heavy atom. The van der Waals surface area contributed by atoms with E-state index >= 15 is 0 Å². The van der Waals surface area contributed by atoms with Crippen LogP contribution in [0.5, 0.6) is 0 Å². The van der Waals surface area contributed by atoms with E-state index in [0.29, 0.717) is 12.5 Å². The second kappa shape index (κ2) is 12.5. The topological polar surface area (TPSA) is 72.5 Å². The molecule has 37 heavy (non-hydrogen) atoms. The first kappa shape index (κ1) is 26.4. The molecule has 0 unspecified atom stereocenters. The van der Waals surface area contributed by atoms with Gasteiger partial charge >= 0.3 is 5.97 Å². The highest BCUT2D eigenvalue weighted by molar-refractivity contribution is 5.74. The molecule has 1 aromatic heterocycles. The number of carboxylic acids is 1. The standard InChI is InChI=1S/C30H43FN4O2/c31-26-10-5-9-24(18-26)27-21-35(29(30(36)37)23-7-2-1-3-8-23)20-25(27)19-34-16-12-22(13-17-34)6-4-11-28-32-14-15-33-28/h5,9-10,14-15,18,22-23,25,27,29H,1-4,6-8,11-13,16-17,19-21H2,(H,32,33)(H,36,37)/t25-,27+,29+/m0/s1. The number of aromatic nitrogens is 2. The number of hydrogen-bond donors (Lipinski definition) is 2. The van der Waals surface area contributed by atoms with Crippen LogP contribution in [0.1, 0.15) is 75.1 Å². The number of aromatic amines is 1. The third-order valence-corrected chi connectivity index (χ3v) is 9.27. The molecule has 6 nitrogen and oxygen atoms in total. The van der Waals surface area contributed by atoms with Gasteiger partial charge in [0.05, 0.1) is 0 Å². The Morgan fingerprint density at radius 3 is 2.65 bits per heavy atom. The molecule has 3 atom stereocenters. The summed E-state index contributed by atoms with van der Waals surface area (Å²) >= 11 is 0. The van der Waals surface area contributed by atoms with Crippen molar-refractivity contribution < 1.29 is 14.3 Å². The predicted molar refractivity (Wildman–Crippen MR) is 143 cm³/mol. The largest absolute Gasteiger partial charge is 0.480 e. The van der Waals surface area contributed by atoms with E-state index in [0.717, 1.165) is 75.6 Å². The minimum atomic E-state index is -0.680. The summed E-state index contributed by atoms with van der Waals surface area (Å²) in [5, 5.41) is 10.2. The molecule has 2 saturated heterocycles. The van der Waals surface area contributed by atoms with Crippen LogP contribution in [-0.2, 0) is 11.2 Å². The molecule has 1 aliphatic carbocycles. The van der Waals surface area contributed by atoms with E-state index in [1.165, 1.54) is 38.2 Å². The molecule has 2 N–H and O–H groups in total. The van der Waals surface area contributed by atoms with E-state index < -0.39 is 12.0 Å². The van der Waals surface area contributed by atoms with Crippen LogP contribution in [0.2, 0.25) is 0 Å². The zero-order chi connectivity index (χ0) is 25.6. The van der Waals surface area contributed by atoms with Gasteiger partial charge in [-0.1, -0.05) is 31.4 Å². The molecule has 2 aromatic rings. The molecule has 0 bridgehead atoms. The molecule has 7 heteroatoms. The summed E-state index contributed by atoms with van der Waals surface area (Å²) in [6, 6.07) is 6.59. The van der Waals surface area contributed by atoms with E-state index in [9.17, 15) is 14.3 Å². The Morgan fingerprint density at radius 2 is 1.95 bits per heavy atom. The first-order valence-corrected chi connectivity index (χ1v) is 14.5. The van der Waals surface area contributed by atoms with Gasteiger partial charge in [-0.05, 0) is 87.1 Å². The fraction of sp³-hybridized carbons (Fsp3) is 0.667. The summed E-state index contributed by atoms with van der Waals surface area (Å²) in [6.45, 7) is 4.67. The number of carbonyl (C=O) groups is 1. The molecular weight excluding hydrogens is 467 g/mol. The third-order valence-electron chi connectivity index (χ3n) is 9.27. The number of carboxylic acid groups (broad SMARTS) is 1. The van der Waals surface area contributed by atoms with Crippen molar-refractivity contribution in [2.75, 3.05) is 32.7 Å². The summed E-state index contributed by atoms with van der Waals surface area (Å²) in [4.78, 5) is 24.8. The summed E-state index contributed by atoms with van der Waals surface area (Å²) in [6.07, 6.45) is 15.1. The van der Waals surface area contributed by atoms with Crippen molar-refractivity contribution >= 4 is 5.97 Å². The predicted octanol–water partition coefficient (Wildman–Crippen LogP) is 5.33. The highest BCUT2D eigenvalue weighted by Crippen LogP contribution is 2.39. The van der Waals surface area contributed by atoms with Crippen LogP contribution in [0.4, 0.5) is 4.39 Å². The van der Waals surface area contributed by atoms with Gasteiger partial charge in [0.15, 0.2) is 0 Å². The van der Waals surface area contributed by atoms with E-state index in [1.807, 2.05) is 18.5 Å². The molecule has 3 aliphatic rings. The lowest BCUT2D eigenvalue weighted by molar-refractivity contribution is -0.145. The number of aliphatic carboxylic acids is 1. The fourth-order valence-corrected chi connectivity index (χ4v) is 7.32. The molecule has 3 heterocycles. The first-order valence-electron chi connectivity index (χ1n) is 14.5. The quantitative estimate of drug-likeness (QED) is 0.452. The second-order valence-corrected chi connectivity index (χ2v) is 11.7. The molecule has 3 fully saturated rings. The number of H-pyrrole nitrogens is 1. The number of benzene rings is 1. The Hall–Kier alpha value is -2.25. The van der Waals surface area contributed by atoms with Gasteiger partial charge < -0.3 is 15.0 Å².